The van der Waals surface area contributed by atoms with Gasteiger partial charge >= 0.3 is 5.97 Å². The lowest BCUT2D eigenvalue weighted by molar-refractivity contribution is 0.0690. The molecule has 4 heteroatoms. The third-order valence-electron chi connectivity index (χ3n) is 1.16. The van der Waals surface area contributed by atoms with E-state index in [1.54, 1.807) is 6.07 Å². The number of hydrogen-bond acceptors (Lipinski definition) is 2. The molecule has 0 atom stereocenters. The Morgan fingerprint density at radius 3 is 2.73 bits per heavy atom. The summed E-state index contributed by atoms with van der Waals surface area (Å²) >= 11 is 1.99. The minimum atomic E-state index is -0.980. The molecular weight excluding hydrogens is 257 g/mol. The van der Waals surface area contributed by atoms with Gasteiger partial charge in [0.1, 0.15) is 9.39 Å². The number of pyridine rings is 1. The van der Waals surface area contributed by atoms with Crippen LogP contribution >= 0.6 is 22.6 Å². The Balaban J connectivity index is 3.19. The molecule has 1 rings (SSSR count). The van der Waals surface area contributed by atoms with Gasteiger partial charge in [0, 0.05) is 0 Å². The number of aryl methyl sites for hydroxylation is 1. The van der Waals surface area contributed by atoms with Crippen molar-refractivity contribution < 1.29 is 9.90 Å². The summed E-state index contributed by atoms with van der Waals surface area (Å²) in [6, 6.07) is 3.37. The molecule has 0 amide bonds. The molecule has 0 unspecified atom stereocenters. The number of carbonyl (C=O) groups is 1. The monoisotopic (exact) mass is 263 g/mol. The van der Waals surface area contributed by atoms with Crippen LogP contribution in [-0.2, 0) is 0 Å². The Hall–Kier alpha value is -0.650. The molecule has 0 aliphatic carbocycles. The average Bonchev–Trinajstić information content (AvgIpc) is 1.85. The van der Waals surface area contributed by atoms with Gasteiger partial charge in [-0.05, 0) is 47.2 Å². The zero-order valence-electron chi connectivity index (χ0n) is 5.84. The van der Waals surface area contributed by atoms with Crippen LogP contribution in [0.3, 0.4) is 0 Å². The SMILES string of the molecule is Cc1cc(I)nc(C(=O)O)c1. The van der Waals surface area contributed by atoms with Crippen LogP contribution in [0.2, 0.25) is 0 Å². The molecule has 0 saturated carbocycles. The quantitative estimate of drug-likeness (QED) is 0.619. The van der Waals surface area contributed by atoms with Crippen molar-refractivity contribution in [3.05, 3.63) is 27.1 Å². The van der Waals surface area contributed by atoms with E-state index in [-0.39, 0.29) is 5.69 Å². The number of carboxylic acid groups (broad SMARTS) is 1. The topological polar surface area (TPSA) is 50.2 Å². The molecule has 0 bridgehead atoms. The first-order valence-corrected chi connectivity index (χ1v) is 4.05. The van der Waals surface area contributed by atoms with Gasteiger partial charge in [-0.15, -0.1) is 0 Å². The molecule has 1 N–H and O–H groups in total. The summed E-state index contributed by atoms with van der Waals surface area (Å²) < 4.78 is 0.708. The van der Waals surface area contributed by atoms with Crippen molar-refractivity contribution in [1.29, 1.82) is 0 Å². The van der Waals surface area contributed by atoms with Crippen molar-refractivity contribution in [3.63, 3.8) is 0 Å². The van der Waals surface area contributed by atoms with Gasteiger partial charge in [-0.25, -0.2) is 9.78 Å². The number of aromatic carboxylic acids is 1. The fourth-order valence-corrected chi connectivity index (χ4v) is 1.49. The fourth-order valence-electron chi connectivity index (χ4n) is 0.734. The lowest BCUT2D eigenvalue weighted by Gasteiger charge is -1.96. The Morgan fingerprint density at radius 1 is 1.64 bits per heavy atom. The maximum atomic E-state index is 10.4. The first-order chi connectivity index (χ1) is 5.09. The average molecular weight is 263 g/mol. The summed E-state index contributed by atoms with van der Waals surface area (Å²) in [5.41, 5.74) is 1.02. The van der Waals surface area contributed by atoms with Gasteiger partial charge in [0.25, 0.3) is 0 Å². The van der Waals surface area contributed by atoms with Crippen LogP contribution in [-0.4, -0.2) is 16.1 Å². The second-order valence-electron chi connectivity index (χ2n) is 2.16. The van der Waals surface area contributed by atoms with Crippen LogP contribution in [0.15, 0.2) is 12.1 Å². The molecule has 1 aromatic heterocycles. The van der Waals surface area contributed by atoms with E-state index in [2.05, 4.69) is 4.98 Å². The molecule has 0 saturated heterocycles. The van der Waals surface area contributed by atoms with E-state index < -0.39 is 5.97 Å². The summed E-state index contributed by atoms with van der Waals surface area (Å²) in [7, 11) is 0. The zero-order valence-corrected chi connectivity index (χ0v) is 7.99. The van der Waals surface area contributed by atoms with E-state index in [0.29, 0.717) is 3.70 Å². The Bertz CT molecular complexity index is 278. The van der Waals surface area contributed by atoms with Crippen molar-refractivity contribution >= 4 is 28.6 Å². The van der Waals surface area contributed by atoms with Crippen LogP contribution in [0, 0.1) is 10.6 Å². The normalized spacial score (nSPS) is 9.64. The summed E-state index contributed by atoms with van der Waals surface area (Å²) in [6.07, 6.45) is 0. The van der Waals surface area contributed by atoms with E-state index in [0.717, 1.165) is 5.56 Å². The first kappa shape index (κ1) is 8.45. The van der Waals surface area contributed by atoms with Crippen molar-refractivity contribution in [1.82, 2.24) is 4.98 Å². The van der Waals surface area contributed by atoms with Crippen molar-refractivity contribution in [2.24, 2.45) is 0 Å². The fraction of sp³-hybridized carbons (Fsp3) is 0.143. The number of hydrogen-bond donors (Lipinski definition) is 1. The molecule has 0 aromatic carbocycles. The Morgan fingerprint density at radius 2 is 2.27 bits per heavy atom. The standard InChI is InChI=1S/C7H6INO2/c1-4-2-5(7(10)11)9-6(8)3-4/h2-3H,1H3,(H,10,11). The second kappa shape index (κ2) is 3.17. The molecule has 0 fully saturated rings. The van der Waals surface area contributed by atoms with E-state index in [4.69, 9.17) is 5.11 Å². The number of aromatic nitrogens is 1. The molecular formula is C7H6INO2. The molecule has 0 aliphatic heterocycles. The van der Waals surface area contributed by atoms with Gasteiger partial charge in [-0.2, -0.15) is 0 Å². The number of halogens is 1. The van der Waals surface area contributed by atoms with Crippen LogP contribution in [0.4, 0.5) is 0 Å². The lowest BCUT2D eigenvalue weighted by atomic mass is 10.2. The van der Waals surface area contributed by atoms with E-state index in [9.17, 15) is 4.79 Å². The van der Waals surface area contributed by atoms with E-state index in [1.807, 2.05) is 35.6 Å². The molecule has 0 spiro atoms. The number of rotatable bonds is 1. The van der Waals surface area contributed by atoms with Crippen LogP contribution in [0.5, 0.6) is 0 Å². The highest BCUT2D eigenvalue weighted by Gasteiger charge is 2.04. The predicted molar refractivity (Wildman–Crippen MR) is 48.7 cm³/mol. The summed E-state index contributed by atoms with van der Waals surface area (Å²) in [5.74, 6) is -0.980. The van der Waals surface area contributed by atoms with Crippen LogP contribution in [0.1, 0.15) is 16.1 Å². The van der Waals surface area contributed by atoms with Crippen molar-refractivity contribution in [2.45, 2.75) is 6.92 Å². The van der Waals surface area contributed by atoms with Crippen molar-refractivity contribution in [3.8, 4) is 0 Å². The Kier molecular flexibility index (Phi) is 2.43. The van der Waals surface area contributed by atoms with Gasteiger partial charge in [0.15, 0.2) is 0 Å². The minimum Gasteiger partial charge on any atom is -0.477 e. The lowest BCUT2D eigenvalue weighted by Crippen LogP contribution is -2.01. The highest BCUT2D eigenvalue weighted by Crippen LogP contribution is 2.06. The largest absolute Gasteiger partial charge is 0.477 e. The van der Waals surface area contributed by atoms with Crippen molar-refractivity contribution in [2.75, 3.05) is 0 Å². The minimum absolute atomic E-state index is 0.106. The maximum absolute atomic E-state index is 10.4. The summed E-state index contributed by atoms with van der Waals surface area (Å²) in [4.78, 5) is 14.3. The molecule has 1 heterocycles. The molecule has 0 radical (unpaired) electrons. The van der Waals surface area contributed by atoms with Crippen LogP contribution in [0.25, 0.3) is 0 Å². The highest BCUT2D eigenvalue weighted by molar-refractivity contribution is 14.1. The van der Waals surface area contributed by atoms with Gasteiger partial charge < -0.3 is 5.11 Å². The van der Waals surface area contributed by atoms with Gasteiger partial charge in [0.05, 0.1) is 0 Å². The molecule has 1 aromatic rings. The summed E-state index contributed by atoms with van der Waals surface area (Å²) in [6.45, 7) is 1.84. The van der Waals surface area contributed by atoms with Gasteiger partial charge in [-0.3, -0.25) is 0 Å². The predicted octanol–water partition coefficient (Wildman–Crippen LogP) is 1.69. The first-order valence-electron chi connectivity index (χ1n) is 2.97. The molecule has 0 aliphatic rings. The van der Waals surface area contributed by atoms with E-state index >= 15 is 0 Å². The molecule has 11 heavy (non-hydrogen) atoms. The maximum Gasteiger partial charge on any atom is 0.354 e. The molecule has 3 nitrogen and oxygen atoms in total. The third-order valence-corrected chi connectivity index (χ3v) is 1.71. The molecule has 58 valence electrons. The van der Waals surface area contributed by atoms with Gasteiger partial charge in [-0.1, -0.05) is 0 Å². The van der Waals surface area contributed by atoms with Crippen LogP contribution < -0.4 is 0 Å². The zero-order chi connectivity index (χ0) is 8.43. The summed E-state index contributed by atoms with van der Waals surface area (Å²) in [5, 5.41) is 8.57. The second-order valence-corrected chi connectivity index (χ2v) is 3.26. The number of nitrogens with zero attached hydrogens (tertiary/aromatic N) is 1. The van der Waals surface area contributed by atoms with Gasteiger partial charge in [0.2, 0.25) is 0 Å². The third kappa shape index (κ3) is 2.14. The highest BCUT2D eigenvalue weighted by atomic mass is 127. The smallest absolute Gasteiger partial charge is 0.354 e. The number of carboxylic acids is 1. The van der Waals surface area contributed by atoms with E-state index in [1.165, 1.54) is 0 Å². The Labute approximate surface area is 77.6 Å².